The number of thioether (sulfide) groups is 1. The average molecular weight is 254 g/mol. The van der Waals surface area contributed by atoms with Crippen LogP contribution in [0, 0.1) is 0 Å². The lowest BCUT2D eigenvalue weighted by Gasteiger charge is -1.95. The van der Waals surface area contributed by atoms with Crippen LogP contribution in [0.15, 0.2) is 58.3 Å². The first kappa shape index (κ1) is 11.1. The van der Waals surface area contributed by atoms with Gasteiger partial charge in [-0.3, -0.25) is 4.79 Å². The fraction of sp³-hybridized carbons (Fsp3) is 0. The van der Waals surface area contributed by atoms with Crippen LogP contribution in [0.3, 0.4) is 0 Å². The maximum atomic E-state index is 12.1. The van der Waals surface area contributed by atoms with Gasteiger partial charge in [0.2, 0.25) is 5.78 Å². The number of carbonyl (C=O) groups is 1. The molecule has 1 heterocycles. The van der Waals surface area contributed by atoms with Crippen molar-refractivity contribution < 1.29 is 9.90 Å². The summed E-state index contributed by atoms with van der Waals surface area (Å²) < 4.78 is 0. The molecule has 0 bridgehead atoms. The Morgan fingerprint density at radius 1 is 1.06 bits per heavy atom. The minimum Gasteiger partial charge on any atom is -0.508 e. The number of carbonyl (C=O) groups excluding carboxylic acids is 1. The zero-order valence-corrected chi connectivity index (χ0v) is 10.3. The number of aromatic hydroxyl groups is 1. The van der Waals surface area contributed by atoms with Gasteiger partial charge in [-0.15, -0.1) is 0 Å². The van der Waals surface area contributed by atoms with Crippen molar-refractivity contribution >= 4 is 23.6 Å². The number of phenolic OH excluding ortho intramolecular Hbond substituents is 1. The van der Waals surface area contributed by atoms with Crippen LogP contribution in [-0.2, 0) is 0 Å². The Labute approximate surface area is 109 Å². The highest BCUT2D eigenvalue weighted by molar-refractivity contribution is 8.04. The van der Waals surface area contributed by atoms with Gasteiger partial charge in [-0.05, 0) is 29.8 Å². The molecule has 0 saturated carbocycles. The van der Waals surface area contributed by atoms with Gasteiger partial charge in [-0.2, -0.15) is 0 Å². The van der Waals surface area contributed by atoms with E-state index >= 15 is 0 Å². The first-order chi connectivity index (χ1) is 8.74. The van der Waals surface area contributed by atoms with Crippen LogP contribution in [0.4, 0.5) is 0 Å². The van der Waals surface area contributed by atoms with Gasteiger partial charge in [0, 0.05) is 10.5 Å². The highest BCUT2D eigenvalue weighted by atomic mass is 32.2. The quantitative estimate of drug-likeness (QED) is 0.788. The Kier molecular flexibility index (Phi) is 2.68. The van der Waals surface area contributed by atoms with E-state index in [1.165, 1.54) is 11.8 Å². The topological polar surface area (TPSA) is 37.3 Å². The van der Waals surface area contributed by atoms with Crippen LogP contribution in [0.5, 0.6) is 5.75 Å². The molecule has 3 heteroatoms. The molecule has 0 fully saturated rings. The molecule has 0 spiro atoms. The monoisotopic (exact) mass is 254 g/mol. The molecule has 3 rings (SSSR count). The maximum Gasteiger partial charge on any atom is 0.200 e. The summed E-state index contributed by atoms with van der Waals surface area (Å²) in [5.74, 6) is 0.217. The van der Waals surface area contributed by atoms with Gasteiger partial charge in [-0.1, -0.05) is 42.1 Å². The molecular formula is C15H10O2S. The molecule has 0 amide bonds. The maximum absolute atomic E-state index is 12.1. The van der Waals surface area contributed by atoms with Crippen molar-refractivity contribution in [3.63, 3.8) is 0 Å². The van der Waals surface area contributed by atoms with Crippen LogP contribution < -0.4 is 0 Å². The summed E-state index contributed by atoms with van der Waals surface area (Å²) in [7, 11) is 0. The number of benzene rings is 2. The lowest BCUT2D eigenvalue weighted by Crippen LogP contribution is -1.93. The van der Waals surface area contributed by atoms with Gasteiger partial charge >= 0.3 is 0 Å². The fourth-order valence-electron chi connectivity index (χ4n) is 1.88. The number of fused-ring (bicyclic) bond motifs is 1. The molecule has 0 atom stereocenters. The lowest BCUT2D eigenvalue weighted by atomic mass is 10.1. The van der Waals surface area contributed by atoms with Crippen molar-refractivity contribution in [2.45, 2.75) is 4.90 Å². The summed E-state index contributed by atoms with van der Waals surface area (Å²) in [6, 6.07) is 14.6. The first-order valence-corrected chi connectivity index (χ1v) is 6.38. The third-order valence-corrected chi connectivity index (χ3v) is 3.83. The predicted molar refractivity (Wildman–Crippen MR) is 72.7 cm³/mol. The van der Waals surface area contributed by atoms with Gasteiger partial charge in [0.1, 0.15) is 5.75 Å². The van der Waals surface area contributed by atoms with E-state index in [1.54, 1.807) is 18.2 Å². The summed E-state index contributed by atoms with van der Waals surface area (Å²) in [5, 5.41) is 9.41. The van der Waals surface area contributed by atoms with E-state index in [1.807, 2.05) is 36.4 Å². The molecule has 2 aromatic carbocycles. The van der Waals surface area contributed by atoms with Crippen molar-refractivity contribution in [2.75, 3.05) is 0 Å². The largest absolute Gasteiger partial charge is 0.508 e. The summed E-state index contributed by atoms with van der Waals surface area (Å²) in [5.41, 5.74) is 1.67. The third-order valence-electron chi connectivity index (χ3n) is 2.75. The van der Waals surface area contributed by atoms with Crippen LogP contribution in [0.2, 0.25) is 0 Å². The minimum atomic E-state index is 0.0267. The van der Waals surface area contributed by atoms with Gasteiger partial charge in [0.25, 0.3) is 0 Å². The van der Waals surface area contributed by atoms with E-state index in [-0.39, 0.29) is 11.5 Å². The van der Waals surface area contributed by atoms with Crippen LogP contribution in [0.1, 0.15) is 15.9 Å². The number of ketones is 1. The second kappa shape index (κ2) is 4.35. The zero-order chi connectivity index (χ0) is 12.5. The minimum absolute atomic E-state index is 0.0267. The van der Waals surface area contributed by atoms with E-state index in [9.17, 15) is 9.90 Å². The van der Waals surface area contributed by atoms with E-state index in [0.717, 1.165) is 10.5 Å². The van der Waals surface area contributed by atoms with Crippen molar-refractivity contribution in [1.82, 2.24) is 0 Å². The Morgan fingerprint density at radius 2 is 1.83 bits per heavy atom. The number of phenols is 1. The smallest absolute Gasteiger partial charge is 0.200 e. The molecule has 1 aliphatic heterocycles. The highest BCUT2D eigenvalue weighted by Crippen LogP contribution is 2.42. The zero-order valence-electron chi connectivity index (χ0n) is 9.46. The number of hydrogen-bond donors (Lipinski definition) is 1. The SMILES string of the molecule is O=C1/C(=C/c2ccccc2)Sc2cc(O)ccc21. The molecule has 0 saturated heterocycles. The highest BCUT2D eigenvalue weighted by Gasteiger charge is 2.25. The number of allylic oxidation sites excluding steroid dienone is 1. The molecule has 88 valence electrons. The summed E-state index contributed by atoms with van der Waals surface area (Å²) >= 11 is 1.40. The Bertz CT molecular complexity index is 645. The van der Waals surface area contributed by atoms with Crippen LogP contribution in [-0.4, -0.2) is 10.9 Å². The standard InChI is InChI=1S/C15H10O2S/c16-11-6-7-12-13(9-11)18-14(15(12)17)8-10-4-2-1-3-5-10/h1-9,16H/b14-8-. The van der Waals surface area contributed by atoms with Crippen molar-refractivity contribution in [1.29, 1.82) is 0 Å². The number of hydrogen-bond acceptors (Lipinski definition) is 3. The van der Waals surface area contributed by atoms with Gasteiger partial charge < -0.3 is 5.11 Å². The summed E-state index contributed by atoms with van der Waals surface area (Å²) in [4.78, 5) is 13.7. The molecular weight excluding hydrogens is 244 g/mol. The molecule has 2 aromatic rings. The molecule has 1 N–H and O–H groups in total. The molecule has 0 unspecified atom stereocenters. The van der Waals surface area contributed by atoms with Crippen molar-refractivity contribution in [3.8, 4) is 5.75 Å². The predicted octanol–water partition coefficient (Wildman–Crippen LogP) is 3.72. The number of rotatable bonds is 1. The molecule has 0 radical (unpaired) electrons. The van der Waals surface area contributed by atoms with Crippen LogP contribution >= 0.6 is 11.8 Å². The van der Waals surface area contributed by atoms with Crippen molar-refractivity contribution in [3.05, 3.63) is 64.6 Å². The summed E-state index contributed by atoms with van der Waals surface area (Å²) in [6.07, 6.45) is 1.88. The third kappa shape index (κ3) is 1.93. The molecule has 1 aliphatic rings. The fourth-order valence-corrected chi connectivity index (χ4v) is 2.96. The second-order valence-electron chi connectivity index (χ2n) is 4.03. The molecule has 18 heavy (non-hydrogen) atoms. The van der Waals surface area contributed by atoms with E-state index in [2.05, 4.69) is 0 Å². The molecule has 0 aliphatic carbocycles. The van der Waals surface area contributed by atoms with E-state index in [4.69, 9.17) is 0 Å². The first-order valence-electron chi connectivity index (χ1n) is 5.56. The Balaban J connectivity index is 2.00. The Hall–Kier alpha value is -2.00. The van der Waals surface area contributed by atoms with E-state index in [0.29, 0.717) is 10.5 Å². The second-order valence-corrected chi connectivity index (χ2v) is 5.11. The van der Waals surface area contributed by atoms with Crippen LogP contribution in [0.25, 0.3) is 6.08 Å². The van der Waals surface area contributed by atoms with E-state index < -0.39 is 0 Å². The average Bonchev–Trinajstić information content (AvgIpc) is 2.67. The van der Waals surface area contributed by atoms with Gasteiger partial charge in [0.05, 0.1) is 4.91 Å². The Morgan fingerprint density at radius 3 is 2.61 bits per heavy atom. The lowest BCUT2D eigenvalue weighted by molar-refractivity contribution is 0.104. The van der Waals surface area contributed by atoms with Gasteiger partial charge in [0.15, 0.2) is 0 Å². The number of Topliss-reactive ketones (excluding diaryl/α,β-unsaturated/α-hetero) is 1. The van der Waals surface area contributed by atoms with Crippen molar-refractivity contribution in [2.24, 2.45) is 0 Å². The molecule has 0 aromatic heterocycles. The molecule has 2 nitrogen and oxygen atoms in total. The normalized spacial score (nSPS) is 16.0. The van der Waals surface area contributed by atoms with Gasteiger partial charge in [-0.25, -0.2) is 0 Å². The summed E-state index contributed by atoms with van der Waals surface area (Å²) in [6.45, 7) is 0.